The molecule has 1 saturated heterocycles. The van der Waals surface area contributed by atoms with E-state index in [1.807, 2.05) is 57.2 Å². The molecular weight excluding hydrogens is 534 g/mol. The molecule has 11 heteroatoms. The third-order valence-corrected chi connectivity index (χ3v) is 7.17. The van der Waals surface area contributed by atoms with E-state index in [2.05, 4.69) is 26.8 Å². The van der Waals surface area contributed by atoms with E-state index in [9.17, 15) is 14.7 Å². The van der Waals surface area contributed by atoms with Gasteiger partial charge in [-0.05, 0) is 70.2 Å². The number of ether oxygens (including phenoxy) is 1. The van der Waals surface area contributed by atoms with Gasteiger partial charge in [0.15, 0.2) is 5.82 Å². The molecule has 1 unspecified atom stereocenters. The molecule has 3 aromatic heterocycles. The van der Waals surface area contributed by atoms with Crippen LogP contribution in [-0.4, -0.2) is 73.2 Å². The molecule has 1 N–H and O–H groups in total. The average Bonchev–Trinajstić information content (AvgIpc) is 3.39. The molecule has 5 aromatic rings. The van der Waals surface area contributed by atoms with Crippen molar-refractivity contribution < 1.29 is 19.4 Å². The van der Waals surface area contributed by atoms with E-state index in [4.69, 9.17) is 14.7 Å². The minimum atomic E-state index is -1.02. The number of carbonyl (C=O) groups excluding carboxylic acids is 1. The van der Waals surface area contributed by atoms with Crippen LogP contribution >= 0.6 is 0 Å². The van der Waals surface area contributed by atoms with Crippen molar-refractivity contribution in [2.75, 3.05) is 29.4 Å². The zero-order chi connectivity index (χ0) is 29.6. The number of aromatic carboxylic acids is 1. The number of piperazine rings is 1. The maximum Gasteiger partial charge on any atom is 0.435 e. The number of carbonyl (C=O) groups is 2. The maximum absolute atomic E-state index is 12.7. The Morgan fingerprint density at radius 2 is 1.83 bits per heavy atom. The number of rotatable bonds is 4. The van der Waals surface area contributed by atoms with E-state index >= 15 is 0 Å². The molecule has 42 heavy (non-hydrogen) atoms. The summed E-state index contributed by atoms with van der Waals surface area (Å²) in [7, 11) is 0. The first-order valence-electron chi connectivity index (χ1n) is 13.8. The molecule has 0 saturated carbocycles. The fourth-order valence-corrected chi connectivity index (χ4v) is 5.22. The maximum atomic E-state index is 12.7. The monoisotopic (exact) mass is 565 g/mol. The number of carboxylic acids is 1. The number of aromatic nitrogens is 5. The van der Waals surface area contributed by atoms with Gasteiger partial charge in [0.1, 0.15) is 17.1 Å². The van der Waals surface area contributed by atoms with Gasteiger partial charge in [-0.3, -0.25) is 0 Å². The van der Waals surface area contributed by atoms with Crippen LogP contribution in [0.25, 0.3) is 33.2 Å². The summed E-state index contributed by atoms with van der Waals surface area (Å²) in [5, 5.41) is 14.6. The van der Waals surface area contributed by atoms with Gasteiger partial charge >= 0.3 is 12.1 Å². The van der Waals surface area contributed by atoms with Crippen LogP contribution < -0.4 is 9.80 Å². The zero-order valence-electron chi connectivity index (χ0n) is 23.9. The summed E-state index contributed by atoms with van der Waals surface area (Å²) >= 11 is 0. The SMILES string of the molecule is CC1CN(c2ccccn2)CCN1c1nc2cc(C(=O)O)ccc2nc1-c1ccc2c(cnn2C(=O)OC(C)(C)C)c1. The van der Waals surface area contributed by atoms with Crippen molar-refractivity contribution in [1.82, 2.24) is 24.7 Å². The van der Waals surface area contributed by atoms with Crippen molar-refractivity contribution >= 4 is 45.6 Å². The van der Waals surface area contributed by atoms with E-state index < -0.39 is 17.7 Å². The second-order valence-corrected chi connectivity index (χ2v) is 11.4. The summed E-state index contributed by atoms with van der Waals surface area (Å²) < 4.78 is 6.77. The van der Waals surface area contributed by atoms with Crippen molar-refractivity contribution in [3.05, 3.63) is 72.6 Å². The van der Waals surface area contributed by atoms with E-state index in [1.165, 1.54) is 10.7 Å². The Morgan fingerprint density at radius 3 is 2.55 bits per heavy atom. The predicted octanol–water partition coefficient (Wildman–Crippen LogP) is 5.24. The van der Waals surface area contributed by atoms with Gasteiger partial charge in [-0.2, -0.15) is 9.78 Å². The standard InChI is InChI=1S/C31H31N7O4/c1-19-18-36(26-7-5-6-12-32-26)13-14-37(19)28-27(34-23-10-8-21(29(39)40)16-24(23)35-28)20-9-11-25-22(15-20)17-33-38(25)30(41)42-31(2,3)4/h5-12,15-17,19H,13-14,18H2,1-4H3,(H,39,40). The lowest BCUT2D eigenvalue weighted by Gasteiger charge is -2.41. The molecule has 214 valence electrons. The molecule has 0 bridgehead atoms. The third-order valence-electron chi connectivity index (χ3n) is 7.17. The molecule has 11 nitrogen and oxygen atoms in total. The van der Waals surface area contributed by atoms with Crippen LogP contribution in [0.5, 0.6) is 0 Å². The first kappa shape index (κ1) is 27.1. The first-order valence-corrected chi connectivity index (χ1v) is 13.8. The molecular formula is C31H31N7O4. The number of anilines is 2. The van der Waals surface area contributed by atoms with Gasteiger partial charge in [0.2, 0.25) is 0 Å². The normalized spacial score (nSPS) is 15.8. The zero-order valence-corrected chi connectivity index (χ0v) is 23.9. The lowest BCUT2D eigenvalue weighted by Crippen LogP contribution is -2.52. The molecule has 0 radical (unpaired) electrons. The van der Waals surface area contributed by atoms with Crippen LogP contribution in [0.15, 0.2) is 67.0 Å². The number of hydrogen-bond acceptors (Lipinski definition) is 9. The smallest absolute Gasteiger partial charge is 0.435 e. The number of benzene rings is 2. The lowest BCUT2D eigenvalue weighted by atomic mass is 10.1. The molecule has 0 aliphatic carbocycles. The van der Waals surface area contributed by atoms with Crippen LogP contribution in [0.4, 0.5) is 16.4 Å². The number of fused-ring (bicyclic) bond motifs is 2. The quantitative estimate of drug-likeness (QED) is 0.309. The van der Waals surface area contributed by atoms with E-state index in [1.54, 1.807) is 24.5 Å². The second-order valence-electron chi connectivity index (χ2n) is 11.4. The van der Waals surface area contributed by atoms with Crippen LogP contribution in [0.1, 0.15) is 38.1 Å². The molecule has 1 fully saturated rings. The molecule has 2 aromatic carbocycles. The average molecular weight is 566 g/mol. The van der Waals surface area contributed by atoms with Crippen LogP contribution in [0.2, 0.25) is 0 Å². The minimum absolute atomic E-state index is 0.0626. The Bertz CT molecular complexity index is 1810. The van der Waals surface area contributed by atoms with Crippen molar-refractivity contribution in [1.29, 1.82) is 0 Å². The Morgan fingerprint density at radius 1 is 1.00 bits per heavy atom. The number of nitrogens with zero attached hydrogens (tertiary/aromatic N) is 7. The van der Waals surface area contributed by atoms with Gasteiger partial charge in [-0.25, -0.2) is 24.5 Å². The molecule has 6 rings (SSSR count). The van der Waals surface area contributed by atoms with Gasteiger partial charge in [-0.1, -0.05) is 12.1 Å². The first-order chi connectivity index (χ1) is 20.1. The van der Waals surface area contributed by atoms with E-state index in [0.717, 1.165) is 29.9 Å². The highest BCUT2D eigenvalue weighted by molar-refractivity contribution is 5.95. The molecule has 0 amide bonds. The molecule has 1 aliphatic heterocycles. The minimum Gasteiger partial charge on any atom is -0.478 e. The third kappa shape index (κ3) is 5.20. The topological polar surface area (TPSA) is 127 Å². The van der Waals surface area contributed by atoms with Crippen LogP contribution in [-0.2, 0) is 4.74 Å². The molecule has 0 spiro atoms. The summed E-state index contributed by atoms with van der Waals surface area (Å²) in [6, 6.07) is 16.4. The number of carboxylic acid groups (broad SMARTS) is 1. The van der Waals surface area contributed by atoms with Crippen molar-refractivity contribution in [3.8, 4) is 11.3 Å². The fraction of sp³-hybridized carbons (Fsp3) is 0.290. The highest BCUT2D eigenvalue weighted by atomic mass is 16.6. The Labute approximate surface area is 242 Å². The van der Waals surface area contributed by atoms with Gasteiger partial charge in [0.25, 0.3) is 0 Å². The summed E-state index contributed by atoms with van der Waals surface area (Å²) in [6.45, 7) is 9.70. The van der Waals surface area contributed by atoms with Crippen LogP contribution in [0, 0.1) is 0 Å². The number of pyridine rings is 1. The summed E-state index contributed by atoms with van der Waals surface area (Å²) in [6.07, 6.45) is 2.87. The van der Waals surface area contributed by atoms with Crippen LogP contribution in [0.3, 0.4) is 0 Å². The Kier molecular flexibility index (Phi) is 6.72. The van der Waals surface area contributed by atoms with Gasteiger partial charge in [0, 0.05) is 42.8 Å². The van der Waals surface area contributed by atoms with E-state index in [0.29, 0.717) is 34.6 Å². The van der Waals surface area contributed by atoms with Gasteiger partial charge in [0.05, 0.1) is 28.3 Å². The van der Waals surface area contributed by atoms with Gasteiger partial charge < -0.3 is 19.6 Å². The highest BCUT2D eigenvalue weighted by Crippen LogP contribution is 2.34. The largest absolute Gasteiger partial charge is 0.478 e. The lowest BCUT2D eigenvalue weighted by molar-refractivity contribution is 0.0522. The fourth-order valence-electron chi connectivity index (χ4n) is 5.22. The van der Waals surface area contributed by atoms with E-state index in [-0.39, 0.29) is 11.6 Å². The summed E-state index contributed by atoms with van der Waals surface area (Å²) in [5.41, 5.74) is 2.68. The molecule has 1 atom stereocenters. The van der Waals surface area contributed by atoms with Crippen molar-refractivity contribution in [2.45, 2.75) is 39.3 Å². The highest BCUT2D eigenvalue weighted by Gasteiger charge is 2.29. The van der Waals surface area contributed by atoms with Crippen molar-refractivity contribution in [2.24, 2.45) is 0 Å². The van der Waals surface area contributed by atoms with Gasteiger partial charge in [-0.15, -0.1) is 0 Å². The Hall–Kier alpha value is -5.06. The van der Waals surface area contributed by atoms with Crippen molar-refractivity contribution in [3.63, 3.8) is 0 Å². The number of hydrogen-bond donors (Lipinski definition) is 1. The molecule has 1 aliphatic rings. The second kappa shape index (κ2) is 10.4. The predicted molar refractivity (Wildman–Crippen MR) is 160 cm³/mol. The molecule has 4 heterocycles. The summed E-state index contributed by atoms with van der Waals surface area (Å²) in [5.74, 6) is 0.568. The summed E-state index contributed by atoms with van der Waals surface area (Å²) in [4.78, 5) is 43.4. The Balaban J connectivity index is 1.42.